The first kappa shape index (κ1) is 22.2. The zero-order valence-corrected chi connectivity index (χ0v) is 17.1. The topological polar surface area (TPSA) is 86.9 Å². The second-order valence-corrected chi connectivity index (χ2v) is 6.84. The summed E-state index contributed by atoms with van der Waals surface area (Å²) in [5.41, 5.74) is 9.81. The van der Waals surface area contributed by atoms with Crippen LogP contribution in [-0.2, 0) is 11.2 Å². The second-order valence-electron chi connectivity index (χ2n) is 6.84. The van der Waals surface area contributed by atoms with Crippen LogP contribution < -0.4 is 11.1 Å². The number of hydrogen-bond donors (Lipinski definition) is 4. The standard InChI is InChI=1S/C21H24N4O.2ClH/c22-21(23)16-10-15(18-7-9-25-19(18)11-16)12-20(14-4-2-1-3-5-14)26-17-6-8-24-13-17;;/h1-5,7,9-11,17,20,24-25H,6,8,12-13H2,(H3,22,23);2*1H/t17-,20?;;/m0../s1. The molecule has 1 aliphatic heterocycles. The molecule has 0 radical (unpaired) electrons. The summed E-state index contributed by atoms with van der Waals surface area (Å²) in [5, 5.41) is 12.3. The maximum Gasteiger partial charge on any atom is 0.122 e. The molecular weight excluding hydrogens is 395 g/mol. The van der Waals surface area contributed by atoms with Gasteiger partial charge in [0, 0.05) is 35.6 Å². The molecule has 2 heterocycles. The number of nitrogens with two attached hydrogens (primary N) is 1. The Hall–Kier alpha value is -2.05. The van der Waals surface area contributed by atoms with Crippen molar-refractivity contribution in [3.8, 4) is 0 Å². The van der Waals surface area contributed by atoms with Crippen LogP contribution in [0.5, 0.6) is 0 Å². The van der Waals surface area contributed by atoms with E-state index in [9.17, 15) is 0 Å². The minimum atomic E-state index is -0.0265. The fraction of sp³-hybridized carbons (Fsp3) is 0.286. The zero-order chi connectivity index (χ0) is 17.9. The number of H-pyrrole nitrogens is 1. The Morgan fingerprint density at radius 2 is 1.96 bits per heavy atom. The molecule has 5 N–H and O–H groups in total. The lowest BCUT2D eigenvalue weighted by Gasteiger charge is -2.23. The van der Waals surface area contributed by atoms with Gasteiger partial charge < -0.3 is 20.8 Å². The number of hydrogen-bond acceptors (Lipinski definition) is 3. The predicted octanol–water partition coefficient (Wildman–Crippen LogP) is 3.96. The first-order valence-electron chi connectivity index (χ1n) is 9.06. The van der Waals surface area contributed by atoms with Crippen molar-refractivity contribution in [1.82, 2.24) is 10.3 Å². The minimum Gasteiger partial charge on any atom is -0.384 e. The van der Waals surface area contributed by atoms with Crippen LogP contribution in [0.25, 0.3) is 10.9 Å². The monoisotopic (exact) mass is 420 g/mol. The molecule has 1 saturated heterocycles. The Bertz CT molecular complexity index is 907. The van der Waals surface area contributed by atoms with E-state index < -0.39 is 0 Å². The van der Waals surface area contributed by atoms with Crippen molar-refractivity contribution in [2.45, 2.75) is 25.0 Å². The second kappa shape index (κ2) is 9.94. The summed E-state index contributed by atoms with van der Waals surface area (Å²) >= 11 is 0. The van der Waals surface area contributed by atoms with E-state index >= 15 is 0 Å². The first-order valence-corrected chi connectivity index (χ1v) is 9.06. The van der Waals surface area contributed by atoms with Gasteiger partial charge in [0.05, 0.1) is 12.2 Å². The van der Waals surface area contributed by atoms with Crippen LogP contribution in [0.2, 0.25) is 0 Å². The van der Waals surface area contributed by atoms with Gasteiger partial charge in [0.25, 0.3) is 0 Å². The van der Waals surface area contributed by atoms with Crippen molar-refractivity contribution < 1.29 is 4.74 Å². The molecule has 4 rings (SSSR count). The first-order chi connectivity index (χ1) is 12.7. The molecule has 150 valence electrons. The molecule has 1 aromatic heterocycles. The van der Waals surface area contributed by atoms with Gasteiger partial charge in [0.15, 0.2) is 0 Å². The molecule has 1 fully saturated rings. The number of nitrogens with one attached hydrogen (secondary N) is 3. The lowest BCUT2D eigenvalue weighted by atomic mass is 9.96. The predicted molar refractivity (Wildman–Crippen MR) is 119 cm³/mol. The van der Waals surface area contributed by atoms with E-state index in [0.29, 0.717) is 0 Å². The van der Waals surface area contributed by atoms with Gasteiger partial charge in [0.1, 0.15) is 5.84 Å². The Labute approximate surface area is 177 Å². The van der Waals surface area contributed by atoms with E-state index in [1.165, 1.54) is 5.56 Å². The van der Waals surface area contributed by atoms with Gasteiger partial charge in [-0.15, -0.1) is 24.8 Å². The lowest BCUT2D eigenvalue weighted by molar-refractivity contribution is -0.00204. The van der Waals surface area contributed by atoms with Crippen LogP contribution in [-0.4, -0.2) is 30.0 Å². The highest BCUT2D eigenvalue weighted by molar-refractivity contribution is 5.99. The minimum absolute atomic E-state index is 0. The quantitative estimate of drug-likeness (QED) is 0.359. The molecule has 3 aromatic rings. The number of fused-ring (bicyclic) bond motifs is 1. The average molecular weight is 421 g/mol. The summed E-state index contributed by atoms with van der Waals surface area (Å²) in [6.07, 6.45) is 3.92. The van der Waals surface area contributed by atoms with Gasteiger partial charge in [-0.05, 0) is 42.3 Å². The Morgan fingerprint density at radius 1 is 1.18 bits per heavy atom. The van der Waals surface area contributed by atoms with Gasteiger partial charge in [-0.25, -0.2) is 0 Å². The van der Waals surface area contributed by atoms with Crippen molar-refractivity contribution in [1.29, 1.82) is 5.41 Å². The van der Waals surface area contributed by atoms with Crippen molar-refractivity contribution in [2.75, 3.05) is 13.1 Å². The van der Waals surface area contributed by atoms with Gasteiger partial charge in [-0.2, -0.15) is 0 Å². The van der Waals surface area contributed by atoms with E-state index in [1.54, 1.807) is 0 Å². The van der Waals surface area contributed by atoms with E-state index in [2.05, 4.69) is 40.6 Å². The molecule has 2 atom stereocenters. The highest BCUT2D eigenvalue weighted by Gasteiger charge is 2.23. The van der Waals surface area contributed by atoms with Crippen molar-refractivity contribution in [3.05, 3.63) is 71.4 Å². The molecule has 0 saturated carbocycles. The molecule has 28 heavy (non-hydrogen) atoms. The van der Waals surface area contributed by atoms with Gasteiger partial charge in [-0.3, -0.25) is 5.41 Å². The maximum absolute atomic E-state index is 7.81. The van der Waals surface area contributed by atoms with Gasteiger partial charge in [0.2, 0.25) is 0 Å². The van der Waals surface area contributed by atoms with Gasteiger partial charge >= 0.3 is 0 Å². The van der Waals surface area contributed by atoms with Crippen molar-refractivity contribution >= 4 is 41.6 Å². The molecule has 7 heteroatoms. The normalized spacial score (nSPS) is 16.9. The van der Waals surface area contributed by atoms with Crippen molar-refractivity contribution in [3.63, 3.8) is 0 Å². The maximum atomic E-state index is 7.81. The van der Waals surface area contributed by atoms with E-state index in [1.807, 2.05) is 24.4 Å². The molecule has 0 spiro atoms. The summed E-state index contributed by atoms with van der Waals surface area (Å²) in [6, 6.07) is 16.4. The summed E-state index contributed by atoms with van der Waals surface area (Å²) in [5.74, 6) is 0.0833. The number of ether oxygens (including phenoxy) is 1. The zero-order valence-electron chi connectivity index (χ0n) is 15.5. The van der Waals surface area contributed by atoms with E-state index in [4.69, 9.17) is 15.9 Å². The summed E-state index contributed by atoms with van der Waals surface area (Å²) in [7, 11) is 0. The average Bonchev–Trinajstić information content (AvgIpc) is 3.33. The number of aromatic amines is 1. The van der Waals surface area contributed by atoms with Crippen molar-refractivity contribution in [2.24, 2.45) is 5.73 Å². The number of halogens is 2. The summed E-state index contributed by atoms with van der Waals surface area (Å²) < 4.78 is 6.47. The number of rotatable bonds is 6. The number of amidine groups is 1. The number of benzene rings is 2. The van der Waals surface area contributed by atoms with Crippen LogP contribution in [0.3, 0.4) is 0 Å². The fourth-order valence-electron chi connectivity index (χ4n) is 3.66. The van der Waals surface area contributed by atoms with Crippen LogP contribution in [0.4, 0.5) is 0 Å². The molecule has 0 aliphatic carbocycles. The Morgan fingerprint density at radius 3 is 2.64 bits per heavy atom. The Kier molecular flexibility index (Phi) is 7.89. The third kappa shape index (κ3) is 4.86. The van der Waals surface area contributed by atoms with E-state index in [-0.39, 0.29) is 42.9 Å². The fourth-order valence-corrected chi connectivity index (χ4v) is 3.66. The molecule has 1 unspecified atom stereocenters. The van der Waals surface area contributed by atoms with Crippen LogP contribution in [0, 0.1) is 5.41 Å². The Balaban J connectivity index is 0.00000140. The summed E-state index contributed by atoms with van der Waals surface area (Å²) in [4.78, 5) is 3.24. The SMILES string of the molecule is Cl.Cl.N=C(N)c1cc(CC(O[C@H]2CCNC2)c2ccccc2)c2cc[nH]c2c1. The smallest absolute Gasteiger partial charge is 0.122 e. The van der Waals surface area contributed by atoms with E-state index in [0.717, 1.165) is 48.0 Å². The van der Waals surface area contributed by atoms with Gasteiger partial charge in [-0.1, -0.05) is 30.3 Å². The van der Waals surface area contributed by atoms with Crippen LogP contribution >= 0.6 is 24.8 Å². The number of aromatic nitrogens is 1. The molecule has 2 aromatic carbocycles. The highest BCUT2D eigenvalue weighted by atomic mass is 35.5. The third-order valence-corrected chi connectivity index (χ3v) is 5.01. The third-order valence-electron chi connectivity index (χ3n) is 5.01. The van der Waals surface area contributed by atoms with Crippen LogP contribution in [0.1, 0.15) is 29.2 Å². The molecule has 0 amide bonds. The van der Waals surface area contributed by atoms with Crippen LogP contribution in [0.15, 0.2) is 54.7 Å². The highest BCUT2D eigenvalue weighted by Crippen LogP contribution is 2.29. The largest absolute Gasteiger partial charge is 0.384 e. The molecule has 1 aliphatic rings. The summed E-state index contributed by atoms with van der Waals surface area (Å²) in [6.45, 7) is 1.91. The molecular formula is C21H26Cl2N4O. The molecule has 0 bridgehead atoms. The molecule has 5 nitrogen and oxygen atoms in total. The lowest BCUT2D eigenvalue weighted by Crippen LogP contribution is -2.21. The number of nitrogen functional groups attached to an aromatic ring is 1.